The second-order valence-electron chi connectivity index (χ2n) is 16.8. The van der Waals surface area contributed by atoms with E-state index < -0.39 is 0 Å². The second kappa shape index (κ2) is 13.9. The number of fused-ring (bicyclic) bond motifs is 3. The Balaban J connectivity index is 1.08. The third kappa shape index (κ3) is 6.96. The van der Waals surface area contributed by atoms with Gasteiger partial charge in [-0.1, -0.05) is 19.1 Å². The molecule has 2 saturated heterocycles. The molecule has 8 rings (SSSR count). The molecule has 8 nitrogen and oxygen atoms in total. The SMILES string of the molecule is COc1ccc(C23CCC(CN(C(=O)C4CCC(OC(=O)N5CC(C)C5)CC4)c4cc(C5CCN(C(C)C)C5)ccn4)(CC2)CC3)cc1C. The molecule has 1 aromatic heterocycles. The molecule has 6 aliphatic rings. The highest BCUT2D eigenvalue weighted by atomic mass is 16.6. The van der Waals surface area contributed by atoms with Gasteiger partial charge in [0.15, 0.2) is 0 Å². The Morgan fingerprint density at radius 3 is 2.29 bits per heavy atom. The zero-order chi connectivity index (χ0) is 34.3. The number of rotatable bonds is 9. The van der Waals surface area contributed by atoms with Gasteiger partial charge in [-0.3, -0.25) is 9.69 Å². The molecule has 6 fully saturated rings. The van der Waals surface area contributed by atoms with E-state index in [-0.39, 0.29) is 34.9 Å². The van der Waals surface area contributed by atoms with Crippen LogP contribution in [0, 0.1) is 24.2 Å². The van der Waals surface area contributed by atoms with Crippen molar-refractivity contribution in [1.29, 1.82) is 0 Å². The molecule has 8 heteroatoms. The summed E-state index contributed by atoms with van der Waals surface area (Å²) in [4.78, 5) is 38.7. The summed E-state index contributed by atoms with van der Waals surface area (Å²) in [6, 6.07) is 11.7. The predicted octanol–water partition coefficient (Wildman–Crippen LogP) is 7.87. The van der Waals surface area contributed by atoms with Crippen molar-refractivity contribution in [2.75, 3.05) is 44.7 Å². The molecular formula is C41H58N4O4. The second-order valence-corrected chi connectivity index (χ2v) is 16.8. The van der Waals surface area contributed by atoms with E-state index in [2.05, 4.69) is 67.8 Å². The number of methoxy groups -OCH3 is 1. The standard InChI is InChI=1S/C41H58N4O4/c1-28(2)43-21-13-33(26-43)32-12-20-42-37(23-32)45(38(46)31-6-9-35(10-7-31)49-39(47)44-24-29(3)25-44)27-40-14-17-41(18-15-40,19-16-40)34-8-11-36(48-5)30(4)22-34/h8,11-12,20,22-23,28-29,31,33,35H,6-7,9-10,13-19,21,24-27H2,1-5H3. The average Bonchev–Trinajstić information content (AvgIpc) is 3.61. The molecule has 1 unspecified atom stereocenters. The van der Waals surface area contributed by atoms with E-state index >= 15 is 0 Å². The van der Waals surface area contributed by atoms with Crippen LogP contribution in [-0.4, -0.2) is 78.8 Å². The van der Waals surface area contributed by atoms with Gasteiger partial charge in [0.2, 0.25) is 5.91 Å². The molecule has 2 aromatic rings. The van der Waals surface area contributed by atoms with Crippen LogP contribution in [0.5, 0.6) is 5.75 Å². The summed E-state index contributed by atoms with van der Waals surface area (Å²) < 4.78 is 11.4. The van der Waals surface area contributed by atoms with Crippen LogP contribution in [0.4, 0.5) is 10.6 Å². The number of nitrogens with zero attached hydrogens (tertiary/aromatic N) is 4. The summed E-state index contributed by atoms with van der Waals surface area (Å²) >= 11 is 0. The van der Waals surface area contributed by atoms with Crippen molar-refractivity contribution >= 4 is 17.8 Å². The normalized spacial score (nSPS) is 30.3. The fourth-order valence-corrected chi connectivity index (χ4v) is 9.83. The molecule has 0 radical (unpaired) electrons. The van der Waals surface area contributed by atoms with Crippen molar-refractivity contribution in [3.63, 3.8) is 0 Å². The minimum absolute atomic E-state index is 0.0719. The average molecular weight is 671 g/mol. The third-order valence-corrected chi connectivity index (χ3v) is 13.2. The number of aromatic nitrogens is 1. The van der Waals surface area contributed by atoms with Crippen molar-refractivity contribution in [2.24, 2.45) is 17.3 Å². The van der Waals surface area contributed by atoms with E-state index in [9.17, 15) is 9.59 Å². The Kier molecular flexibility index (Phi) is 9.72. The van der Waals surface area contributed by atoms with Gasteiger partial charge in [-0.25, -0.2) is 9.78 Å². The molecule has 2 bridgehead atoms. The molecule has 3 heterocycles. The Morgan fingerprint density at radius 2 is 1.67 bits per heavy atom. The van der Waals surface area contributed by atoms with Gasteiger partial charge in [-0.15, -0.1) is 0 Å². The van der Waals surface area contributed by atoms with Crippen LogP contribution in [-0.2, 0) is 14.9 Å². The minimum atomic E-state index is -0.187. The van der Waals surface area contributed by atoms with E-state index in [1.165, 1.54) is 16.7 Å². The van der Waals surface area contributed by atoms with Gasteiger partial charge in [0.1, 0.15) is 17.7 Å². The van der Waals surface area contributed by atoms with Crippen LogP contribution >= 0.6 is 0 Å². The molecule has 4 aliphatic carbocycles. The van der Waals surface area contributed by atoms with Crippen molar-refractivity contribution in [1.82, 2.24) is 14.8 Å². The summed E-state index contributed by atoms with van der Waals surface area (Å²) in [6.45, 7) is 13.3. The summed E-state index contributed by atoms with van der Waals surface area (Å²) in [7, 11) is 1.75. The molecule has 266 valence electrons. The molecular weight excluding hydrogens is 612 g/mol. The van der Waals surface area contributed by atoms with E-state index in [0.717, 1.165) is 115 Å². The van der Waals surface area contributed by atoms with Gasteiger partial charge in [0.05, 0.1) is 7.11 Å². The zero-order valence-electron chi connectivity index (χ0n) is 30.6. The topological polar surface area (TPSA) is 75.2 Å². The smallest absolute Gasteiger partial charge is 0.410 e. The van der Waals surface area contributed by atoms with Crippen molar-refractivity contribution in [3.8, 4) is 5.75 Å². The van der Waals surface area contributed by atoms with Gasteiger partial charge >= 0.3 is 6.09 Å². The largest absolute Gasteiger partial charge is 0.496 e. The molecule has 1 aromatic carbocycles. The fraction of sp³-hybridized carbons (Fsp3) is 0.683. The van der Waals surface area contributed by atoms with Gasteiger partial charge in [-0.2, -0.15) is 0 Å². The van der Waals surface area contributed by atoms with E-state index in [0.29, 0.717) is 17.9 Å². The van der Waals surface area contributed by atoms with Crippen LogP contribution in [0.15, 0.2) is 36.5 Å². The first-order chi connectivity index (χ1) is 23.6. The number of pyridine rings is 1. The number of hydrogen-bond donors (Lipinski definition) is 0. The minimum Gasteiger partial charge on any atom is -0.496 e. The summed E-state index contributed by atoms with van der Waals surface area (Å²) in [5.74, 6) is 2.95. The van der Waals surface area contributed by atoms with Crippen molar-refractivity contribution in [2.45, 2.75) is 122 Å². The number of likely N-dealkylation sites (tertiary alicyclic amines) is 2. The highest BCUT2D eigenvalue weighted by Crippen LogP contribution is 2.58. The number of carbonyl (C=O) groups excluding carboxylic acids is 2. The van der Waals surface area contributed by atoms with Crippen molar-refractivity contribution < 1.29 is 19.1 Å². The maximum Gasteiger partial charge on any atom is 0.410 e. The maximum atomic E-state index is 14.7. The fourth-order valence-electron chi connectivity index (χ4n) is 9.83. The number of anilines is 1. The molecule has 2 aliphatic heterocycles. The van der Waals surface area contributed by atoms with Crippen LogP contribution in [0.25, 0.3) is 0 Å². The van der Waals surface area contributed by atoms with E-state index in [4.69, 9.17) is 14.5 Å². The Morgan fingerprint density at radius 1 is 0.959 bits per heavy atom. The molecule has 0 N–H and O–H groups in total. The van der Waals surface area contributed by atoms with E-state index in [1.54, 1.807) is 12.0 Å². The summed E-state index contributed by atoms with van der Waals surface area (Å²) in [6.07, 6.45) is 12.7. The zero-order valence-corrected chi connectivity index (χ0v) is 30.6. The summed E-state index contributed by atoms with van der Waals surface area (Å²) in [5.41, 5.74) is 4.30. The number of aryl methyl sites for hydroxylation is 1. The first-order valence-electron chi connectivity index (χ1n) is 19.2. The quantitative estimate of drug-likeness (QED) is 0.270. The lowest BCUT2D eigenvalue weighted by atomic mass is 9.51. The number of benzene rings is 1. The lowest BCUT2D eigenvalue weighted by molar-refractivity contribution is -0.124. The number of ether oxygens (including phenoxy) is 2. The van der Waals surface area contributed by atoms with Gasteiger partial charge in [-0.05, 0) is 156 Å². The van der Waals surface area contributed by atoms with Crippen LogP contribution in [0.1, 0.15) is 114 Å². The monoisotopic (exact) mass is 670 g/mol. The van der Waals surface area contributed by atoms with Gasteiger partial charge < -0.3 is 19.3 Å². The van der Waals surface area contributed by atoms with Gasteiger partial charge in [0, 0.05) is 44.3 Å². The molecule has 49 heavy (non-hydrogen) atoms. The molecule has 2 amide bonds. The first kappa shape index (κ1) is 34.3. The van der Waals surface area contributed by atoms with Gasteiger partial charge in [0.25, 0.3) is 0 Å². The highest BCUT2D eigenvalue weighted by molar-refractivity contribution is 5.94. The Hall–Kier alpha value is -3.13. The third-order valence-electron chi connectivity index (χ3n) is 13.2. The Labute approximate surface area is 293 Å². The van der Waals surface area contributed by atoms with Crippen LogP contribution in [0.2, 0.25) is 0 Å². The number of hydrogen-bond acceptors (Lipinski definition) is 6. The molecule has 0 spiro atoms. The highest BCUT2D eigenvalue weighted by Gasteiger charge is 2.51. The number of amides is 2. The lowest BCUT2D eigenvalue weighted by Crippen LogP contribution is -2.52. The summed E-state index contributed by atoms with van der Waals surface area (Å²) in [5, 5.41) is 0. The number of carbonyl (C=O) groups is 2. The first-order valence-corrected chi connectivity index (χ1v) is 19.2. The van der Waals surface area contributed by atoms with Crippen LogP contribution < -0.4 is 9.64 Å². The molecule has 1 atom stereocenters. The van der Waals surface area contributed by atoms with Crippen molar-refractivity contribution in [3.05, 3.63) is 53.2 Å². The Bertz CT molecular complexity index is 1490. The van der Waals surface area contributed by atoms with Crippen LogP contribution in [0.3, 0.4) is 0 Å². The maximum absolute atomic E-state index is 14.7. The lowest BCUT2D eigenvalue weighted by Gasteiger charge is -2.55. The predicted molar refractivity (Wildman–Crippen MR) is 193 cm³/mol. The van der Waals surface area contributed by atoms with E-state index in [1.807, 2.05) is 6.20 Å². The molecule has 4 saturated carbocycles.